The topological polar surface area (TPSA) is 108 Å². The Morgan fingerprint density at radius 3 is 2.79 bits per heavy atom. The highest BCUT2D eigenvalue weighted by Gasteiger charge is 2.39. The number of carboxylic acids is 1. The largest absolute Gasteiger partial charge is 0.478 e. The zero-order valence-electron chi connectivity index (χ0n) is 15.1. The fraction of sp³-hybridized carbons (Fsp3) is 0.143. The maximum Gasteiger partial charge on any atom is 0.339 e. The van der Waals surface area contributed by atoms with Gasteiger partial charge in [0.25, 0.3) is 5.91 Å². The van der Waals surface area contributed by atoms with Crippen molar-refractivity contribution in [3.63, 3.8) is 0 Å². The second kappa shape index (κ2) is 6.82. The van der Waals surface area contributed by atoms with E-state index in [9.17, 15) is 14.7 Å². The summed E-state index contributed by atoms with van der Waals surface area (Å²) >= 11 is 1.31. The highest BCUT2D eigenvalue weighted by Crippen LogP contribution is 2.41. The minimum atomic E-state index is -1.06. The number of aromatic carboxylic acids is 1. The molecule has 5 rings (SSSR count). The van der Waals surface area contributed by atoms with Crippen LogP contribution in [0.1, 0.15) is 37.9 Å². The molecule has 3 heterocycles. The number of fused-ring (bicyclic) bond motifs is 1. The van der Waals surface area contributed by atoms with Gasteiger partial charge in [-0.15, -0.1) is 11.3 Å². The molecule has 0 spiro atoms. The van der Waals surface area contributed by atoms with Gasteiger partial charge in [0.2, 0.25) is 0 Å². The maximum absolute atomic E-state index is 12.6. The standard InChI is InChI=1S/C21H16N4O3S/c26-20(25-14-8-12(14)11-4-2-1-3-5-11)17-7-6-16(29-17)15-10-23-19-18(24-15)13(9-22-19)21(27)28/h1-7,9-10,12,14H,8H2,(H,22,23)(H,25,26)(H,27,28)/t12-,14+/m1/s1. The minimum absolute atomic E-state index is 0.0737. The first-order valence-corrected chi connectivity index (χ1v) is 9.95. The number of H-pyrrole nitrogens is 1. The summed E-state index contributed by atoms with van der Waals surface area (Å²) in [6.07, 6.45) is 3.90. The number of rotatable bonds is 5. The fourth-order valence-corrected chi connectivity index (χ4v) is 4.30. The van der Waals surface area contributed by atoms with E-state index in [4.69, 9.17) is 0 Å². The molecule has 1 amide bonds. The number of thiophene rings is 1. The van der Waals surface area contributed by atoms with E-state index in [1.165, 1.54) is 23.1 Å². The predicted octanol–water partition coefficient (Wildman–Crippen LogP) is 3.67. The van der Waals surface area contributed by atoms with Gasteiger partial charge in [0.15, 0.2) is 5.65 Å². The van der Waals surface area contributed by atoms with Gasteiger partial charge in [0.1, 0.15) is 11.1 Å². The van der Waals surface area contributed by atoms with E-state index in [1.54, 1.807) is 12.3 Å². The maximum atomic E-state index is 12.6. The summed E-state index contributed by atoms with van der Waals surface area (Å²) in [6.45, 7) is 0. The first kappa shape index (κ1) is 17.6. The molecular weight excluding hydrogens is 388 g/mol. The first-order valence-electron chi connectivity index (χ1n) is 9.13. The predicted molar refractivity (Wildman–Crippen MR) is 109 cm³/mol. The van der Waals surface area contributed by atoms with E-state index in [1.807, 2.05) is 24.3 Å². The van der Waals surface area contributed by atoms with E-state index in [0.29, 0.717) is 27.7 Å². The molecular formula is C21H16N4O3S. The lowest BCUT2D eigenvalue weighted by atomic mass is 10.1. The van der Waals surface area contributed by atoms with Crippen molar-refractivity contribution in [2.24, 2.45) is 0 Å². The number of nitrogens with one attached hydrogen (secondary N) is 2. The Balaban J connectivity index is 1.33. The van der Waals surface area contributed by atoms with Crippen molar-refractivity contribution in [1.29, 1.82) is 0 Å². The van der Waals surface area contributed by atoms with Crippen molar-refractivity contribution in [1.82, 2.24) is 20.3 Å². The van der Waals surface area contributed by atoms with Crippen LogP contribution in [0.5, 0.6) is 0 Å². The molecule has 0 aliphatic heterocycles. The number of hydrogen-bond donors (Lipinski definition) is 3. The van der Waals surface area contributed by atoms with Crippen LogP contribution in [0.2, 0.25) is 0 Å². The molecule has 0 unspecified atom stereocenters. The molecule has 1 aliphatic rings. The third-order valence-electron chi connectivity index (χ3n) is 5.03. The summed E-state index contributed by atoms with van der Waals surface area (Å²) in [5, 5.41) is 12.4. The van der Waals surface area contributed by atoms with Crippen LogP contribution in [-0.4, -0.2) is 38.0 Å². The fourth-order valence-electron chi connectivity index (χ4n) is 3.43. The number of hydrogen-bond acceptors (Lipinski definition) is 5. The number of benzene rings is 1. The number of carbonyl (C=O) groups is 2. The molecule has 4 aromatic rings. The average molecular weight is 404 g/mol. The van der Waals surface area contributed by atoms with Crippen molar-refractivity contribution in [2.45, 2.75) is 18.4 Å². The summed E-state index contributed by atoms with van der Waals surface area (Å²) in [5.41, 5.74) is 2.58. The van der Waals surface area contributed by atoms with Crippen LogP contribution in [0.15, 0.2) is 54.9 Å². The number of amides is 1. The molecule has 144 valence electrons. The SMILES string of the molecule is O=C(N[C@H]1C[C@@H]1c1ccccc1)c1ccc(-c2cnc3[nH]cc(C(=O)O)c3n2)s1. The van der Waals surface area contributed by atoms with Crippen molar-refractivity contribution in [3.05, 3.63) is 70.9 Å². The van der Waals surface area contributed by atoms with E-state index < -0.39 is 5.97 Å². The van der Waals surface area contributed by atoms with Crippen molar-refractivity contribution < 1.29 is 14.7 Å². The van der Waals surface area contributed by atoms with Gasteiger partial charge < -0.3 is 15.4 Å². The third-order valence-corrected chi connectivity index (χ3v) is 6.13. The van der Waals surface area contributed by atoms with Crippen LogP contribution < -0.4 is 5.32 Å². The number of carboxylic acid groups (broad SMARTS) is 1. The number of carbonyl (C=O) groups excluding carboxylic acids is 1. The molecule has 0 bridgehead atoms. The molecule has 29 heavy (non-hydrogen) atoms. The quantitative estimate of drug-likeness (QED) is 0.470. The van der Waals surface area contributed by atoms with Crippen molar-refractivity contribution in [3.8, 4) is 10.6 Å². The van der Waals surface area contributed by atoms with Crippen LogP contribution in [0.25, 0.3) is 21.7 Å². The summed E-state index contributed by atoms with van der Waals surface area (Å²) in [7, 11) is 0. The Bertz CT molecular complexity index is 1230. The zero-order valence-corrected chi connectivity index (χ0v) is 15.9. The van der Waals surface area contributed by atoms with Gasteiger partial charge in [-0.1, -0.05) is 30.3 Å². The van der Waals surface area contributed by atoms with Crippen LogP contribution in [0, 0.1) is 0 Å². The molecule has 2 atom stereocenters. The molecule has 0 radical (unpaired) electrons. The third kappa shape index (κ3) is 3.27. The summed E-state index contributed by atoms with van der Waals surface area (Å²) in [4.78, 5) is 36.8. The molecule has 7 nitrogen and oxygen atoms in total. The minimum Gasteiger partial charge on any atom is -0.478 e. The van der Waals surface area contributed by atoms with Gasteiger partial charge in [-0.3, -0.25) is 4.79 Å². The zero-order chi connectivity index (χ0) is 20.0. The Morgan fingerprint density at radius 1 is 1.17 bits per heavy atom. The van der Waals surface area contributed by atoms with Gasteiger partial charge in [-0.25, -0.2) is 14.8 Å². The molecule has 3 aromatic heterocycles. The molecule has 1 saturated carbocycles. The highest BCUT2D eigenvalue weighted by atomic mass is 32.1. The lowest BCUT2D eigenvalue weighted by molar-refractivity contribution is 0.0698. The second-order valence-electron chi connectivity index (χ2n) is 6.96. The van der Waals surface area contributed by atoms with E-state index in [2.05, 4.69) is 32.4 Å². The van der Waals surface area contributed by atoms with Gasteiger partial charge in [0, 0.05) is 18.2 Å². The normalized spacial score (nSPS) is 17.9. The first-order chi connectivity index (χ1) is 14.1. The van der Waals surface area contributed by atoms with Crippen molar-refractivity contribution >= 4 is 34.4 Å². The Kier molecular flexibility index (Phi) is 4.13. The second-order valence-corrected chi connectivity index (χ2v) is 8.04. The van der Waals surface area contributed by atoms with Crippen LogP contribution in [0.3, 0.4) is 0 Å². The lowest BCUT2D eigenvalue weighted by Gasteiger charge is -2.03. The van der Waals surface area contributed by atoms with Gasteiger partial charge in [-0.05, 0) is 24.1 Å². The smallest absolute Gasteiger partial charge is 0.339 e. The molecule has 1 fully saturated rings. The number of nitrogens with zero attached hydrogens (tertiary/aromatic N) is 2. The van der Waals surface area contributed by atoms with Crippen LogP contribution in [0.4, 0.5) is 0 Å². The van der Waals surface area contributed by atoms with Gasteiger partial charge in [-0.2, -0.15) is 0 Å². The Hall–Kier alpha value is -3.52. The van der Waals surface area contributed by atoms with E-state index in [0.717, 1.165) is 11.3 Å². The molecule has 8 heteroatoms. The van der Waals surface area contributed by atoms with E-state index >= 15 is 0 Å². The van der Waals surface area contributed by atoms with Gasteiger partial charge in [0.05, 0.1) is 21.6 Å². The molecule has 3 N–H and O–H groups in total. The summed E-state index contributed by atoms with van der Waals surface area (Å²) in [5.74, 6) is -0.797. The van der Waals surface area contributed by atoms with E-state index in [-0.39, 0.29) is 17.5 Å². The van der Waals surface area contributed by atoms with Crippen molar-refractivity contribution in [2.75, 3.05) is 0 Å². The molecule has 1 aromatic carbocycles. The monoisotopic (exact) mass is 404 g/mol. The average Bonchev–Trinajstić information content (AvgIpc) is 3.15. The van der Waals surface area contributed by atoms with Gasteiger partial charge >= 0.3 is 5.97 Å². The number of aromatic amines is 1. The Morgan fingerprint density at radius 2 is 2.00 bits per heavy atom. The Labute approximate surface area is 169 Å². The van der Waals surface area contributed by atoms with Crippen LogP contribution in [-0.2, 0) is 0 Å². The molecule has 1 aliphatic carbocycles. The molecule has 0 saturated heterocycles. The van der Waals surface area contributed by atoms with Crippen LogP contribution >= 0.6 is 11.3 Å². The highest BCUT2D eigenvalue weighted by molar-refractivity contribution is 7.17. The lowest BCUT2D eigenvalue weighted by Crippen LogP contribution is -2.25. The summed E-state index contributed by atoms with van der Waals surface area (Å²) < 4.78 is 0. The summed E-state index contributed by atoms with van der Waals surface area (Å²) in [6, 6.07) is 13.9. The number of aromatic nitrogens is 3.